The number of hydrogen-bond acceptors (Lipinski definition) is 3. The van der Waals surface area contributed by atoms with E-state index in [9.17, 15) is 0 Å². The van der Waals surface area contributed by atoms with Gasteiger partial charge in [-0.3, -0.25) is 0 Å². The van der Waals surface area contributed by atoms with Crippen molar-refractivity contribution in [3.05, 3.63) is 53.6 Å². The fraction of sp³-hybridized carbons (Fsp3) is 0.391. The molecule has 2 aromatic carbocycles. The minimum atomic E-state index is 0.580. The van der Waals surface area contributed by atoms with Crippen LogP contribution in [0.2, 0.25) is 0 Å². The largest absolute Gasteiger partial charge is 0.496 e. The van der Waals surface area contributed by atoms with Crippen LogP contribution in [0.3, 0.4) is 0 Å². The van der Waals surface area contributed by atoms with Crippen molar-refractivity contribution in [1.29, 1.82) is 0 Å². The number of aryl methyl sites for hydroxylation is 1. The lowest BCUT2D eigenvalue weighted by Gasteiger charge is -2.13. The van der Waals surface area contributed by atoms with Gasteiger partial charge in [0, 0.05) is 12.2 Å². The van der Waals surface area contributed by atoms with Crippen molar-refractivity contribution in [3.8, 4) is 22.6 Å². The van der Waals surface area contributed by atoms with Crippen LogP contribution in [0.15, 0.2) is 42.5 Å². The van der Waals surface area contributed by atoms with Crippen molar-refractivity contribution < 1.29 is 14.2 Å². The highest BCUT2D eigenvalue weighted by Gasteiger charge is 2.08. The van der Waals surface area contributed by atoms with Crippen molar-refractivity contribution in [2.75, 3.05) is 26.9 Å². The zero-order chi connectivity index (χ0) is 18.8. The Morgan fingerprint density at radius 2 is 1.73 bits per heavy atom. The normalized spacial score (nSPS) is 11.1. The minimum Gasteiger partial charge on any atom is -0.496 e. The van der Waals surface area contributed by atoms with Crippen LogP contribution in [0.5, 0.6) is 11.5 Å². The SMILES string of the molecule is C/C=C/c1cc(-c2ccc(OCCOCCCC)cc2)cc(C)c1OC. The quantitative estimate of drug-likeness (QED) is 0.497. The number of methoxy groups -OCH3 is 1. The molecule has 0 aliphatic heterocycles. The molecule has 0 atom stereocenters. The summed E-state index contributed by atoms with van der Waals surface area (Å²) in [6, 6.07) is 12.5. The smallest absolute Gasteiger partial charge is 0.129 e. The molecule has 0 saturated carbocycles. The third-order valence-electron chi connectivity index (χ3n) is 4.18. The van der Waals surface area contributed by atoms with E-state index in [4.69, 9.17) is 14.2 Å². The Hall–Kier alpha value is -2.26. The van der Waals surface area contributed by atoms with Gasteiger partial charge in [0.25, 0.3) is 0 Å². The predicted molar refractivity (Wildman–Crippen MR) is 109 cm³/mol. The molecule has 0 unspecified atom stereocenters. The highest BCUT2D eigenvalue weighted by Crippen LogP contribution is 2.32. The van der Waals surface area contributed by atoms with Crippen LogP contribution in [0.25, 0.3) is 17.2 Å². The van der Waals surface area contributed by atoms with Crippen molar-refractivity contribution in [3.63, 3.8) is 0 Å². The lowest BCUT2D eigenvalue weighted by atomic mass is 9.99. The molecule has 0 amide bonds. The molecular weight excluding hydrogens is 324 g/mol. The topological polar surface area (TPSA) is 27.7 Å². The van der Waals surface area contributed by atoms with E-state index in [-0.39, 0.29) is 0 Å². The van der Waals surface area contributed by atoms with Crippen LogP contribution in [0.4, 0.5) is 0 Å². The highest BCUT2D eigenvalue weighted by molar-refractivity contribution is 5.72. The van der Waals surface area contributed by atoms with E-state index in [1.54, 1.807) is 7.11 Å². The van der Waals surface area contributed by atoms with Gasteiger partial charge in [-0.15, -0.1) is 0 Å². The van der Waals surface area contributed by atoms with Gasteiger partial charge in [0.15, 0.2) is 0 Å². The molecule has 0 heterocycles. The van der Waals surface area contributed by atoms with Gasteiger partial charge in [-0.05, 0) is 61.2 Å². The van der Waals surface area contributed by atoms with Crippen molar-refractivity contribution >= 4 is 6.08 Å². The van der Waals surface area contributed by atoms with Crippen molar-refractivity contribution in [2.24, 2.45) is 0 Å². The Balaban J connectivity index is 2.04. The molecule has 0 aromatic heterocycles. The number of allylic oxidation sites excluding steroid dienone is 1. The molecule has 0 aliphatic rings. The average Bonchev–Trinajstić information content (AvgIpc) is 2.65. The number of benzene rings is 2. The summed E-state index contributed by atoms with van der Waals surface area (Å²) in [6.45, 7) is 8.27. The van der Waals surface area contributed by atoms with E-state index in [1.165, 1.54) is 5.56 Å². The van der Waals surface area contributed by atoms with E-state index in [0.29, 0.717) is 13.2 Å². The van der Waals surface area contributed by atoms with Gasteiger partial charge in [0.2, 0.25) is 0 Å². The molecule has 0 fully saturated rings. The zero-order valence-corrected chi connectivity index (χ0v) is 16.4. The zero-order valence-electron chi connectivity index (χ0n) is 16.4. The maximum atomic E-state index is 5.74. The summed E-state index contributed by atoms with van der Waals surface area (Å²) in [5, 5.41) is 0. The third-order valence-corrected chi connectivity index (χ3v) is 4.18. The molecule has 0 N–H and O–H groups in total. The summed E-state index contributed by atoms with van der Waals surface area (Å²) >= 11 is 0. The van der Waals surface area contributed by atoms with Gasteiger partial charge in [0.05, 0.1) is 13.7 Å². The van der Waals surface area contributed by atoms with Crippen LogP contribution in [0.1, 0.15) is 37.8 Å². The predicted octanol–water partition coefficient (Wildman–Crippen LogP) is 5.90. The third kappa shape index (κ3) is 5.63. The molecule has 3 heteroatoms. The molecule has 140 valence electrons. The maximum Gasteiger partial charge on any atom is 0.129 e. The summed E-state index contributed by atoms with van der Waals surface area (Å²) in [6.07, 6.45) is 6.36. The summed E-state index contributed by atoms with van der Waals surface area (Å²) in [5.74, 6) is 1.79. The van der Waals surface area contributed by atoms with Crippen molar-refractivity contribution in [2.45, 2.75) is 33.6 Å². The van der Waals surface area contributed by atoms with Crippen molar-refractivity contribution in [1.82, 2.24) is 0 Å². The molecular formula is C23H30O3. The first-order valence-electron chi connectivity index (χ1n) is 9.32. The first kappa shape index (κ1) is 20.1. The van der Waals surface area contributed by atoms with E-state index in [0.717, 1.165) is 47.6 Å². The van der Waals surface area contributed by atoms with Crippen LogP contribution in [0, 0.1) is 6.92 Å². The van der Waals surface area contributed by atoms with Gasteiger partial charge < -0.3 is 14.2 Å². The molecule has 26 heavy (non-hydrogen) atoms. The van der Waals surface area contributed by atoms with E-state index < -0.39 is 0 Å². The number of hydrogen-bond donors (Lipinski definition) is 0. The van der Waals surface area contributed by atoms with Gasteiger partial charge in [-0.2, -0.15) is 0 Å². The number of rotatable bonds is 10. The van der Waals surface area contributed by atoms with Gasteiger partial charge in [0.1, 0.15) is 18.1 Å². The van der Waals surface area contributed by atoms with Gasteiger partial charge in [-0.1, -0.05) is 37.6 Å². The van der Waals surface area contributed by atoms with Crippen LogP contribution in [-0.2, 0) is 4.74 Å². The van der Waals surface area contributed by atoms with Gasteiger partial charge in [-0.25, -0.2) is 0 Å². The minimum absolute atomic E-state index is 0.580. The standard InChI is InChI=1S/C23H30O3/c1-5-7-13-25-14-15-26-22-11-9-19(10-12-22)21-16-18(3)23(24-4)20(17-21)8-6-2/h6,8-12,16-17H,5,7,13-15H2,1-4H3/b8-6+. The molecule has 0 bridgehead atoms. The Labute approximate surface area is 157 Å². The Morgan fingerprint density at radius 3 is 2.38 bits per heavy atom. The molecule has 2 aromatic rings. The number of unbranched alkanes of at least 4 members (excludes halogenated alkanes) is 1. The van der Waals surface area contributed by atoms with E-state index in [1.807, 2.05) is 25.1 Å². The second-order valence-electron chi connectivity index (χ2n) is 6.25. The number of ether oxygens (including phenoxy) is 3. The lowest BCUT2D eigenvalue weighted by Crippen LogP contribution is -2.07. The molecule has 0 radical (unpaired) electrons. The molecule has 2 rings (SSSR count). The summed E-state index contributed by atoms with van der Waals surface area (Å²) < 4.78 is 16.8. The Morgan fingerprint density at radius 1 is 0.962 bits per heavy atom. The van der Waals surface area contributed by atoms with Crippen LogP contribution >= 0.6 is 0 Å². The lowest BCUT2D eigenvalue weighted by molar-refractivity contribution is 0.0981. The Bertz CT molecular complexity index is 702. The second-order valence-corrected chi connectivity index (χ2v) is 6.25. The van der Waals surface area contributed by atoms with Crippen LogP contribution in [-0.4, -0.2) is 26.9 Å². The van der Waals surface area contributed by atoms with E-state index >= 15 is 0 Å². The fourth-order valence-electron chi connectivity index (χ4n) is 2.86. The maximum absolute atomic E-state index is 5.74. The molecule has 0 saturated heterocycles. The molecule has 0 aliphatic carbocycles. The molecule has 3 nitrogen and oxygen atoms in total. The van der Waals surface area contributed by atoms with E-state index in [2.05, 4.69) is 44.2 Å². The first-order valence-corrected chi connectivity index (χ1v) is 9.32. The monoisotopic (exact) mass is 354 g/mol. The fourth-order valence-corrected chi connectivity index (χ4v) is 2.86. The molecule has 0 spiro atoms. The Kier molecular flexibility index (Phi) is 8.23. The first-order chi connectivity index (χ1) is 12.7. The summed E-state index contributed by atoms with van der Waals surface area (Å²) in [4.78, 5) is 0. The summed E-state index contributed by atoms with van der Waals surface area (Å²) in [5.41, 5.74) is 4.55. The van der Waals surface area contributed by atoms with Gasteiger partial charge >= 0.3 is 0 Å². The highest BCUT2D eigenvalue weighted by atomic mass is 16.5. The second kappa shape index (κ2) is 10.7. The summed E-state index contributed by atoms with van der Waals surface area (Å²) in [7, 11) is 1.72. The van der Waals surface area contributed by atoms with Crippen LogP contribution < -0.4 is 9.47 Å². The average molecular weight is 354 g/mol.